The van der Waals surface area contributed by atoms with Crippen LogP contribution in [0.3, 0.4) is 0 Å². The van der Waals surface area contributed by atoms with E-state index in [0.717, 1.165) is 37.1 Å². The van der Waals surface area contributed by atoms with Gasteiger partial charge in [0.1, 0.15) is 0 Å². The SMILES string of the molecule is CCNC(=NCc1ccc([N+](=O)[O-])cc1)NC1CCN(C2CCCC2)C1.I. The third kappa shape index (κ3) is 6.31. The van der Waals surface area contributed by atoms with Gasteiger partial charge >= 0.3 is 0 Å². The van der Waals surface area contributed by atoms with Crippen molar-refractivity contribution in [1.82, 2.24) is 15.5 Å². The zero-order chi connectivity index (χ0) is 18.4. The summed E-state index contributed by atoms with van der Waals surface area (Å²) in [5.74, 6) is 0.823. The number of aliphatic imine (C=N–C) groups is 1. The number of likely N-dealkylation sites (tertiary alicyclic amines) is 1. The van der Waals surface area contributed by atoms with E-state index in [4.69, 9.17) is 0 Å². The number of rotatable bonds is 6. The van der Waals surface area contributed by atoms with Gasteiger partial charge in [-0.3, -0.25) is 15.0 Å². The van der Waals surface area contributed by atoms with E-state index in [1.54, 1.807) is 12.1 Å². The summed E-state index contributed by atoms with van der Waals surface area (Å²) in [5, 5.41) is 17.6. The first-order chi connectivity index (χ1) is 12.7. The van der Waals surface area contributed by atoms with E-state index in [2.05, 4.69) is 27.4 Å². The van der Waals surface area contributed by atoms with Gasteiger partial charge in [-0.05, 0) is 31.7 Å². The normalized spacial score (nSPS) is 21.1. The van der Waals surface area contributed by atoms with E-state index in [-0.39, 0.29) is 34.6 Å². The minimum atomic E-state index is -0.380. The summed E-state index contributed by atoms with van der Waals surface area (Å²) in [7, 11) is 0. The van der Waals surface area contributed by atoms with Gasteiger partial charge in [0.25, 0.3) is 5.69 Å². The highest BCUT2D eigenvalue weighted by Gasteiger charge is 2.30. The van der Waals surface area contributed by atoms with E-state index in [0.29, 0.717) is 12.6 Å². The zero-order valence-corrected chi connectivity index (χ0v) is 18.2. The second-order valence-corrected chi connectivity index (χ2v) is 7.18. The van der Waals surface area contributed by atoms with Crippen LogP contribution in [0, 0.1) is 10.1 Å². The Morgan fingerprint density at radius 1 is 1.26 bits per heavy atom. The third-order valence-electron chi connectivity index (χ3n) is 5.31. The molecule has 0 aromatic heterocycles. The highest BCUT2D eigenvalue weighted by molar-refractivity contribution is 14.0. The lowest BCUT2D eigenvalue weighted by molar-refractivity contribution is -0.384. The molecule has 2 aliphatic rings. The lowest BCUT2D eigenvalue weighted by Crippen LogP contribution is -2.45. The molecule has 1 aliphatic heterocycles. The van der Waals surface area contributed by atoms with Crippen molar-refractivity contribution in [3.8, 4) is 0 Å². The molecule has 1 aliphatic carbocycles. The molecule has 2 fully saturated rings. The summed E-state index contributed by atoms with van der Waals surface area (Å²) in [6.07, 6.45) is 6.59. The van der Waals surface area contributed by atoms with Crippen LogP contribution < -0.4 is 10.6 Å². The molecule has 0 amide bonds. The van der Waals surface area contributed by atoms with Crippen LogP contribution in [0.5, 0.6) is 0 Å². The smallest absolute Gasteiger partial charge is 0.269 e. The average Bonchev–Trinajstić information content (AvgIpc) is 3.32. The van der Waals surface area contributed by atoms with Crippen LogP contribution in [0.15, 0.2) is 29.3 Å². The summed E-state index contributed by atoms with van der Waals surface area (Å²) >= 11 is 0. The molecule has 1 atom stereocenters. The zero-order valence-electron chi connectivity index (χ0n) is 15.9. The van der Waals surface area contributed by atoms with Gasteiger partial charge in [0, 0.05) is 43.9 Å². The number of nitrogens with zero attached hydrogens (tertiary/aromatic N) is 3. The molecule has 1 saturated heterocycles. The predicted molar refractivity (Wildman–Crippen MR) is 119 cm³/mol. The molecular weight excluding hydrogens is 457 g/mol. The number of halogens is 1. The minimum Gasteiger partial charge on any atom is -0.357 e. The number of benzene rings is 1. The van der Waals surface area contributed by atoms with Crippen LogP contribution in [0.2, 0.25) is 0 Å². The average molecular weight is 487 g/mol. The molecule has 150 valence electrons. The maximum atomic E-state index is 10.7. The van der Waals surface area contributed by atoms with Crippen LogP contribution in [-0.4, -0.2) is 47.5 Å². The van der Waals surface area contributed by atoms with Crippen molar-refractivity contribution in [2.75, 3.05) is 19.6 Å². The second kappa shape index (κ2) is 10.8. The summed E-state index contributed by atoms with van der Waals surface area (Å²) < 4.78 is 0. The number of guanidine groups is 1. The summed E-state index contributed by atoms with van der Waals surface area (Å²) in [6, 6.07) is 7.81. The Hall–Kier alpha value is -1.42. The van der Waals surface area contributed by atoms with Gasteiger partial charge in [-0.1, -0.05) is 25.0 Å². The molecule has 1 saturated carbocycles. The fourth-order valence-electron chi connectivity index (χ4n) is 3.91. The second-order valence-electron chi connectivity index (χ2n) is 7.18. The molecule has 27 heavy (non-hydrogen) atoms. The molecule has 7 nitrogen and oxygen atoms in total. The van der Waals surface area contributed by atoms with Crippen molar-refractivity contribution in [3.63, 3.8) is 0 Å². The van der Waals surface area contributed by atoms with Crippen LogP contribution in [0.25, 0.3) is 0 Å². The molecule has 1 unspecified atom stereocenters. The quantitative estimate of drug-likeness (QED) is 0.212. The van der Waals surface area contributed by atoms with E-state index in [9.17, 15) is 10.1 Å². The number of non-ortho nitro benzene ring substituents is 1. The summed E-state index contributed by atoms with van der Waals surface area (Å²) in [6.45, 7) is 5.64. The topological polar surface area (TPSA) is 82.8 Å². The van der Waals surface area contributed by atoms with E-state index >= 15 is 0 Å². The Bertz CT molecular complexity index is 631. The van der Waals surface area contributed by atoms with E-state index in [1.165, 1.54) is 44.4 Å². The van der Waals surface area contributed by atoms with Crippen LogP contribution in [-0.2, 0) is 6.54 Å². The van der Waals surface area contributed by atoms with Crippen molar-refractivity contribution < 1.29 is 4.92 Å². The number of nitro groups is 1. The highest BCUT2D eigenvalue weighted by atomic mass is 127. The van der Waals surface area contributed by atoms with Gasteiger partial charge < -0.3 is 10.6 Å². The maximum Gasteiger partial charge on any atom is 0.269 e. The van der Waals surface area contributed by atoms with Gasteiger partial charge in [-0.25, -0.2) is 4.99 Å². The number of hydrogen-bond donors (Lipinski definition) is 2. The van der Waals surface area contributed by atoms with Crippen LogP contribution in [0.4, 0.5) is 5.69 Å². The Morgan fingerprint density at radius 2 is 1.96 bits per heavy atom. The van der Waals surface area contributed by atoms with Gasteiger partial charge in [-0.2, -0.15) is 0 Å². The molecule has 1 heterocycles. The van der Waals surface area contributed by atoms with Crippen LogP contribution in [0.1, 0.15) is 44.6 Å². The molecule has 8 heteroatoms. The monoisotopic (exact) mass is 487 g/mol. The molecule has 0 bridgehead atoms. The van der Waals surface area contributed by atoms with Gasteiger partial charge in [0.15, 0.2) is 5.96 Å². The van der Waals surface area contributed by atoms with Crippen molar-refractivity contribution in [2.24, 2.45) is 4.99 Å². The maximum absolute atomic E-state index is 10.7. The Balaban J connectivity index is 0.00000261. The first-order valence-electron chi connectivity index (χ1n) is 9.68. The van der Waals surface area contributed by atoms with Crippen molar-refractivity contribution in [1.29, 1.82) is 0 Å². The first kappa shape index (κ1) is 21.9. The lowest BCUT2D eigenvalue weighted by atomic mass is 10.2. The van der Waals surface area contributed by atoms with Gasteiger partial charge in [0.2, 0.25) is 0 Å². The molecule has 2 N–H and O–H groups in total. The standard InChI is InChI=1S/C19H29N5O2.HI/c1-2-20-19(21-13-15-7-9-18(10-8-15)24(25)26)22-16-11-12-23(14-16)17-5-3-4-6-17;/h7-10,16-17H,2-6,11-14H2,1H3,(H2,20,21,22);1H. The van der Waals surface area contributed by atoms with Crippen LogP contribution >= 0.6 is 24.0 Å². The Kier molecular flexibility index (Phi) is 8.75. The fourth-order valence-corrected chi connectivity index (χ4v) is 3.91. The number of hydrogen-bond acceptors (Lipinski definition) is 4. The Labute approximate surface area is 178 Å². The van der Waals surface area contributed by atoms with E-state index < -0.39 is 0 Å². The summed E-state index contributed by atoms with van der Waals surface area (Å²) in [5.41, 5.74) is 1.08. The molecule has 0 radical (unpaired) electrons. The van der Waals surface area contributed by atoms with Gasteiger partial charge in [-0.15, -0.1) is 24.0 Å². The largest absolute Gasteiger partial charge is 0.357 e. The van der Waals surface area contributed by atoms with Crippen molar-refractivity contribution in [2.45, 2.75) is 57.7 Å². The minimum absolute atomic E-state index is 0. The highest BCUT2D eigenvalue weighted by Crippen LogP contribution is 2.26. The van der Waals surface area contributed by atoms with E-state index in [1.807, 2.05) is 0 Å². The molecular formula is C19H30IN5O2. The lowest BCUT2D eigenvalue weighted by Gasteiger charge is -2.24. The Morgan fingerprint density at radius 3 is 2.59 bits per heavy atom. The van der Waals surface area contributed by atoms with Gasteiger partial charge in [0.05, 0.1) is 11.5 Å². The predicted octanol–water partition coefficient (Wildman–Crippen LogP) is 3.28. The van der Waals surface area contributed by atoms with Crippen molar-refractivity contribution in [3.05, 3.63) is 39.9 Å². The summed E-state index contributed by atoms with van der Waals surface area (Å²) in [4.78, 5) is 17.6. The molecule has 1 aromatic carbocycles. The van der Waals surface area contributed by atoms with Crippen molar-refractivity contribution >= 4 is 35.6 Å². The number of nitrogens with one attached hydrogen (secondary N) is 2. The third-order valence-corrected chi connectivity index (χ3v) is 5.31. The molecule has 0 spiro atoms. The molecule has 1 aromatic rings. The fraction of sp³-hybridized carbons (Fsp3) is 0.632. The molecule has 3 rings (SSSR count). The number of nitro benzene ring substituents is 1. The first-order valence-corrected chi connectivity index (χ1v) is 9.68.